The van der Waals surface area contributed by atoms with Gasteiger partial charge in [0.2, 0.25) is 0 Å². The first kappa shape index (κ1) is 19.9. The number of alkyl carbamates (subject to hydrolysis) is 1. The van der Waals surface area contributed by atoms with Crippen LogP contribution in [-0.4, -0.2) is 31.6 Å². The number of aromatic amines is 1. The number of nitrogens with zero attached hydrogens (tertiary/aromatic N) is 3. The lowest BCUT2D eigenvalue weighted by Crippen LogP contribution is -2.38. The average Bonchev–Trinajstić information content (AvgIpc) is 3.03. The molecule has 3 heterocycles. The number of carbonyl (C=O) groups is 1. The van der Waals surface area contributed by atoms with Gasteiger partial charge in [0.25, 0.3) is 5.56 Å². The Kier molecular flexibility index (Phi) is 5.46. The van der Waals surface area contributed by atoms with Gasteiger partial charge in [-0.3, -0.25) is 4.79 Å². The summed E-state index contributed by atoms with van der Waals surface area (Å²) in [5, 5.41) is 2.81. The van der Waals surface area contributed by atoms with Crippen LogP contribution in [0.5, 0.6) is 0 Å². The Morgan fingerprint density at radius 1 is 1.32 bits per heavy atom. The average molecular weight is 401 g/mol. The van der Waals surface area contributed by atoms with E-state index in [9.17, 15) is 9.59 Å². The molecule has 9 heteroatoms. The molecule has 0 bridgehead atoms. The minimum absolute atomic E-state index is 0.00640. The molecule has 0 aliphatic carbocycles. The predicted octanol–water partition coefficient (Wildman–Crippen LogP) is 3.66. The van der Waals surface area contributed by atoms with Crippen LogP contribution in [0.15, 0.2) is 29.5 Å². The van der Waals surface area contributed by atoms with Crippen LogP contribution in [-0.2, 0) is 4.74 Å². The Morgan fingerprint density at radius 3 is 2.68 bits per heavy atom. The lowest BCUT2D eigenvalue weighted by molar-refractivity contribution is 0.0486. The van der Waals surface area contributed by atoms with E-state index in [0.29, 0.717) is 16.0 Å². The van der Waals surface area contributed by atoms with Crippen LogP contribution in [0.25, 0.3) is 20.8 Å². The lowest BCUT2D eigenvalue weighted by Gasteiger charge is -2.25. The molecule has 148 valence electrons. The van der Waals surface area contributed by atoms with E-state index in [1.807, 2.05) is 19.9 Å². The highest BCUT2D eigenvalue weighted by molar-refractivity contribution is 7.22. The fraction of sp³-hybridized carbons (Fsp3) is 0.421. The molecule has 0 saturated heterocycles. The number of rotatable bonds is 4. The first-order chi connectivity index (χ1) is 13.1. The van der Waals surface area contributed by atoms with Crippen molar-refractivity contribution in [2.75, 3.05) is 0 Å². The number of H-pyrrole nitrogens is 1. The van der Waals surface area contributed by atoms with Crippen LogP contribution in [0.2, 0.25) is 0 Å². The maximum absolute atomic E-state index is 12.6. The molecule has 3 aromatic rings. The Hall–Kier alpha value is -2.81. The lowest BCUT2D eigenvalue weighted by atomic mass is 10.0. The van der Waals surface area contributed by atoms with Crippen LogP contribution in [0.4, 0.5) is 4.79 Å². The van der Waals surface area contributed by atoms with E-state index in [1.165, 1.54) is 17.7 Å². The van der Waals surface area contributed by atoms with Gasteiger partial charge in [-0.25, -0.2) is 19.7 Å². The smallest absolute Gasteiger partial charge is 0.408 e. The minimum atomic E-state index is -0.615. The van der Waals surface area contributed by atoms with Gasteiger partial charge in [0, 0.05) is 6.20 Å². The van der Waals surface area contributed by atoms with Crippen LogP contribution in [0.1, 0.15) is 46.5 Å². The van der Waals surface area contributed by atoms with Gasteiger partial charge >= 0.3 is 6.09 Å². The first-order valence-electron chi connectivity index (χ1n) is 8.93. The number of aromatic nitrogens is 4. The molecule has 8 nitrogen and oxygen atoms in total. The number of ether oxygens (including phenoxy) is 1. The molecule has 2 N–H and O–H groups in total. The van der Waals surface area contributed by atoms with Crippen molar-refractivity contribution in [1.82, 2.24) is 25.3 Å². The fourth-order valence-corrected chi connectivity index (χ4v) is 3.62. The second kappa shape index (κ2) is 7.67. The van der Waals surface area contributed by atoms with E-state index in [2.05, 4.69) is 25.3 Å². The zero-order valence-electron chi connectivity index (χ0n) is 16.4. The normalized spacial score (nSPS) is 12.9. The molecule has 0 radical (unpaired) electrons. The highest BCUT2D eigenvalue weighted by atomic mass is 32.1. The Bertz CT molecular complexity index is 1040. The van der Waals surface area contributed by atoms with Crippen LogP contribution >= 0.6 is 11.3 Å². The minimum Gasteiger partial charge on any atom is -0.444 e. The number of nitrogens with one attached hydrogen (secondary N) is 2. The Labute approximate surface area is 166 Å². The number of amides is 1. The highest BCUT2D eigenvalue weighted by Crippen LogP contribution is 2.30. The molecule has 0 unspecified atom stereocenters. The summed E-state index contributed by atoms with van der Waals surface area (Å²) in [6.07, 6.45) is 2.55. The van der Waals surface area contributed by atoms with Crippen molar-refractivity contribution in [2.24, 2.45) is 5.92 Å². The topological polar surface area (TPSA) is 110 Å². The molecule has 1 amide bonds. The number of fused-ring (bicyclic) bond motifs is 1. The maximum Gasteiger partial charge on any atom is 0.408 e. The summed E-state index contributed by atoms with van der Waals surface area (Å²) in [6.45, 7) is 9.26. The second-order valence-electron chi connectivity index (χ2n) is 7.74. The zero-order chi connectivity index (χ0) is 20.5. The van der Waals surface area contributed by atoms with Gasteiger partial charge in [0.15, 0.2) is 0 Å². The molecular weight excluding hydrogens is 378 g/mol. The van der Waals surface area contributed by atoms with E-state index >= 15 is 0 Å². The molecular formula is C19H23N5O3S. The van der Waals surface area contributed by atoms with Crippen LogP contribution in [0.3, 0.4) is 0 Å². The van der Waals surface area contributed by atoms with Gasteiger partial charge in [0.1, 0.15) is 22.5 Å². The van der Waals surface area contributed by atoms with Gasteiger partial charge in [-0.1, -0.05) is 13.8 Å². The molecule has 3 aromatic heterocycles. The van der Waals surface area contributed by atoms with Crippen molar-refractivity contribution in [3.8, 4) is 10.6 Å². The fourth-order valence-electron chi connectivity index (χ4n) is 2.65. The van der Waals surface area contributed by atoms with Crippen molar-refractivity contribution >= 4 is 27.6 Å². The van der Waals surface area contributed by atoms with Gasteiger partial charge in [-0.2, -0.15) is 0 Å². The van der Waals surface area contributed by atoms with Gasteiger partial charge in [0.05, 0.1) is 22.1 Å². The van der Waals surface area contributed by atoms with Gasteiger partial charge in [-0.15, -0.1) is 11.3 Å². The Balaban J connectivity index is 1.96. The highest BCUT2D eigenvalue weighted by Gasteiger charge is 2.25. The number of hydrogen-bond acceptors (Lipinski definition) is 7. The van der Waals surface area contributed by atoms with Crippen molar-refractivity contribution in [1.29, 1.82) is 0 Å². The quantitative estimate of drug-likeness (QED) is 0.690. The summed E-state index contributed by atoms with van der Waals surface area (Å²) in [4.78, 5) is 41.2. The third-order valence-corrected chi connectivity index (χ3v) is 5.01. The van der Waals surface area contributed by atoms with Crippen LogP contribution in [0, 0.1) is 5.92 Å². The summed E-state index contributed by atoms with van der Waals surface area (Å²) >= 11 is 1.32. The van der Waals surface area contributed by atoms with E-state index < -0.39 is 17.7 Å². The molecule has 28 heavy (non-hydrogen) atoms. The van der Waals surface area contributed by atoms with Gasteiger partial charge in [-0.05, 0) is 38.8 Å². The standard InChI is InChI=1S/C19H23N5O3S/c1-10(2)14(23-18(26)27-19(3,4)5)16-22-12-8-13(11-6-7-20-9-21-11)28-15(12)17(25)24-16/h6-10,14H,1-5H3,(H,23,26)(H,22,24,25)/t14-/m0/s1. The monoisotopic (exact) mass is 401 g/mol. The molecule has 0 aliphatic heterocycles. The van der Waals surface area contributed by atoms with E-state index in [0.717, 1.165) is 10.6 Å². The largest absolute Gasteiger partial charge is 0.444 e. The third kappa shape index (κ3) is 4.53. The van der Waals surface area contributed by atoms with E-state index in [4.69, 9.17) is 4.74 Å². The third-order valence-electron chi connectivity index (χ3n) is 3.87. The number of hydrogen-bond donors (Lipinski definition) is 2. The molecule has 0 saturated carbocycles. The first-order valence-corrected chi connectivity index (χ1v) is 9.75. The Morgan fingerprint density at radius 2 is 2.07 bits per heavy atom. The summed E-state index contributed by atoms with van der Waals surface area (Å²) in [7, 11) is 0. The zero-order valence-corrected chi connectivity index (χ0v) is 17.3. The van der Waals surface area contributed by atoms with Crippen molar-refractivity contribution in [3.63, 3.8) is 0 Å². The summed E-state index contributed by atoms with van der Waals surface area (Å²) in [6, 6.07) is 3.11. The molecule has 3 rings (SSSR count). The number of thiophene rings is 1. The second-order valence-corrected chi connectivity index (χ2v) is 8.79. The van der Waals surface area contributed by atoms with Gasteiger partial charge < -0.3 is 15.0 Å². The molecule has 0 spiro atoms. The van der Waals surface area contributed by atoms with E-state index in [-0.39, 0.29) is 11.5 Å². The SMILES string of the molecule is CC(C)[C@H](NC(=O)OC(C)(C)C)c1nc2cc(-c3ccncn3)sc2c(=O)[nH]1. The molecule has 0 fully saturated rings. The maximum atomic E-state index is 12.6. The molecule has 0 aromatic carbocycles. The van der Waals surface area contributed by atoms with Crippen molar-refractivity contribution in [2.45, 2.75) is 46.3 Å². The molecule has 0 aliphatic rings. The predicted molar refractivity (Wildman–Crippen MR) is 108 cm³/mol. The van der Waals surface area contributed by atoms with Crippen molar-refractivity contribution < 1.29 is 9.53 Å². The van der Waals surface area contributed by atoms with Crippen LogP contribution < -0.4 is 10.9 Å². The summed E-state index contributed by atoms with van der Waals surface area (Å²) < 4.78 is 5.85. The molecule has 1 atom stereocenters. The summed E-state index contributed by atoms with van der Waals surface area (Å²) in [5.41, 5.74) is 0.429. The van der Waals surface area contributed by atoms with Crippen molar-refractivity contribution in [3.05, 3.63) is 40.8 Å². The summed E-state index contributed by atoms with van der Waals surface area (Å²) in [5.74, 6) is 0.387. The number of carbonyl (C=O) groups excluding carboxylic acids is 1. The van der Waals surface area contributed by atoms with E-state index in [1.54, 1.807) is 33.0 Å².